The highest BCUT2D eigenvalue weighted by Gasteiger charge is 2.35. The fraction of sp³-hybridized carbons (Fsp3) is 0.273. The van der Waals surface area contributed by atoms with Gasteiger partial charge in [0, 0.05) is 19.0 Å². The van der Waals surface area contributed by atoms with Crippen LogP contribution in [0.5, 0.6) is 0 Å². The van der Waals surface area contributed by atoms with Gasteiger partial charge in [0.05, 0.1) is 0 Å². The van der Waals surface area contributed by atoms with E-state index < -0.39 is 27.0 Å². The van der Waals surface area contributed by atoms with E-state index in [4.69, 9.17) is 0 Å². The average Bonchev–Trinajstić information content (AvgIpc) is 2.35. The van der Waals surface area contributed by atoms with E-state index in [2.05, 4.69) is 0 Å². The third-order valence-electron chi connectivity index (χ3n) is 2.24. The summed E-state index contributed by atoms with van der Waals surface area (Å²) < 4.78 is 35.0. The Morgan fingerprint density at radius 3 is 2.17 bits per heavy atom. The van der Waals surface area contributed by atoms with Gasteiger partial charge >= 0.3 is 0 Å². The van der Waals surface area contributed by atoms with E-state index in [1.807, 2.05) is 0 Å². The lowest BCUT2D eigenvalue weighted by molar-refractivity contribution is -0.137. The summed E-state index contributed by atoms with van der Waals surface area (Å²) in [6, 6.07) is 8.05. The van der Waals surface area contributed by atoms with E-state index in [0.717, 1.165) is 4.90 Å². The summed E-state index contributed by atoms with van der Waals surface area (Å²) >= 11 is 0. The fourth-order valence-electron chi connectivity index (χ4n) is 1.23. The maximum absolute atomic E-state index is 13.2. The number of carbonyl (C=O) groups excluding carboxylic acids is 2. The Hall–Kier alpha value is -1.76. The van der Waals surface area contributed by atoms with Crippen LogP contribution >= 0.6 is 0 Å². The molecule has 5 nitrogen and oxygen atoms in total. The van der Waals surface area contributed by atoms with E-state index >= 15 is 0 Å². The topological polar surface area (TPSA) is 71.5 Å². The van der Waals surface area contributed by atoms with E-state index in [1.54, 1.807) is 30.3 Å². The van der Waals surface area contributed by atoms with Gasteiger partial charge in [0.1, 0.15) is 0 Å². The minimum Gasteiger partial charge on any atom is -0.309 e. The minimum atomic E-state index is -4.23. The van der Waals surface area contributed by atoms with Gasteiger partial charge < -0.3 is 4.90 Å². The van der Waals surface area contributed by atoms with Gasteiger partial charge in [0.25, 0.3) is 17.2 Å². The van der Waals surface area contributed by atoms with Gasteiger partial charge in [0.2, 0.25) is 0 Å². The monoisotopic (exact) mass is 273 g/mol. The molecule has 0 fully saturated rings. The molecule has 0 heterocycles. The Morgan fingerprint density at radius 2 is 1.72 bits per heavy atom. The number of Topliss-reactive ketones (excluding diaryl/α,β-unsaturated/α-hetero) is 1. The molecule has 0 N–H and O–H groups in total. The summed E-state index contributed by atoms with van der Waals surface area (Å²) in [6.07, 6.45) is 0.561. The van der Waals surface area contributed by atoms with Crippen LogP contribution in [0, 0.1) is 0 Å². The van der Waals surface area contributed by atoms with Crippen LogP contribution in [0.4, 0.5) is 10.1 Å². The van der Waals surface area contributed by atoms with Crippen molar-refractivity contribution in [3.8, 4) is 0 Å². The van der Waals surface area contributed by atoms with Gasteiger partial charge in [0.15, 0.2) is 9.84 Å². The lowest BCUT2D eigenvalue weighted by Gasteiger charge is -2.16. The predicted octanol–water partition coefficient (Wildman–Crippen LogP) is 0.559. The van der Waals surface area contributed by atoms with E-state index in [-0.39, 0.29) is 0 Å². The number of rotatable bonds is 4. The Balaban J connectivity index is 2.93. The number of benzene rings is 1. The number of amides is 1. The number of sulfone groups is 1. The van der Waals surface area contributed by atoms with Crippen molar-refractivity contribution in [2.45, 2.75) is 5.50 Å². The lowest BCUT2D eigenvalue weighted by atomic mass is 10.2. The highest BCUT2D eigenvalue weighted by molar-refractivity contribution is 7.92. The van der Waals surface area contributed by atoms with Crippen molar-refractivity contribution in [1.82, 2.24) is 0 Å². The second-order valence-corrected chi connectivity index (χ2v) is 5.78. The van der Waals surface area contributed by atoms with Crippen LogP contribution in [0.2, 0.25) is 0 Å². The highest BCUT2D eigenvalue weighted by atomic mass is 32.2. The van der Waals surface area contributed by atoms with Crippen molar-refractivity contribution < 1.29 is 22.4 Å². The van der Waals surface area contributed by atoms with Gasteiger partial charge in [-0.05, 0) is 12.1 Å². The number of ketones is 1. The largest absolute Gasteiger partial charge is 0.309 e. The van der Waals surface area contributed by atoms with Crippen LogP contribution in [0.3, 0.4) is 0 Å². The third kappa shape index (κ3) is 3.13. The molecule has 0 saturated carbocycles. The first-order chi connectivity index (χ1) is 8.25. The molecule has 1 aromatic rings. The van der Waals surface area contributed by atoms with Crippen molar-refractivity contribution in [2.75, 3.05) is 18.2 Å². The van der Waals surface area contributed by atoms with Crippen molar-refractivity contribution in [2.24, 2.45) is 0 Å². The molecule has 18 heavy (non-hydrogen) atoms. The normalized spacial score (nSPS) is 12.8. The van der Waals surface area contributed by atoms with Gasteiger partial charge in [-0.2, -0.15) is 0 Å². The van der Waals surface area contributed by atoms with Crippen molar-refractivity contribution >= 4 is 27.2 Å². The first-order valence-electron chi connectivity index (χ1n) is 4.95. The van der Waals surface area contributed by atoms with Crippen LogP contribution in [0.25, 0.3) is 0 Å². The second-order valence-electron chi connectivity index (χ2n) is 3.71. The zero-order valence-corrected chi connectivity index (χ0v) is 10.6. The van der Waals surface area contributed by atoms with Gasteiger partial charge in [-0.25, -0.2) is 12.8 Å². The van der Waals surface area contributed by atoms with E-state index in [1.165, 1.54) is 7.05 Å². The Bertz CT molecular complexity index is 556. The van der Waals surface area contributed by atoms with E-state index in [9.17, 15) is 22.4 Å². The number of halogens is 1. The molecule has 0 saturated heterocycles. The SMILES string of the molecule is CN(C(=O)C(=O)C(F)S(C)(=O)=O)c1ccccc1. The van der Waals surface area contributed by atoms with Gasteiger partial charge in [-0.3, -0.25) is 9.59 Å². The second kappa shape index (κ2) is 5.26. The van der Waals surface area contributed by atoms with Crippen LogP contribution in [0.15, 0.2) is 30.3 Å². The fourth-order valence-corrected chi connectivity index (χ4v) is 1.72. The first-order valence-corrected chi connectivity index (χ1v) is 6.90. The van der Waals surface area contributed by atoms with Crippen molar-refractivity contribution in [3.05, 3.63) is 30.3 Å². The van der Waals surface area contributed by atoms with Crippen LogP contribution in [-0.4, -0.2) is 38.9 Å². The molecule has 0 spiro atoms. The zero-order valence-electron chi connectivity index (χ0n) is 9.83. The molecule has 0 radical (unpaired) electrons. The van der Waals surface area contributed by atoms with E-state index in [0.29, 0.717) is 11.9 Å². The lowest BCUT2D eigenvalue weighted by Crippen LogP contribution is -2.40. The molecule has 0 aliphatic carbocycles. The summed E-state index contributed by atoms with van der Waals surface area (Å²) in [5.74, 6) is -2.80. The molecule has 0 bridgehead atoms. The molecule has 98 valence electrons. The van der Waals surface area contributed by atoms with Crippen molar-refractivity contribution in [1.29, 1.82) is 0 Å². The summed E-state index contributed by atoms with van der Waals surface area (Å²) in [6.45, 7) is 0. The minimum absolute atomic E-state index is 0.372. The maximum Gasteiger partial charge on any atom is 0.298 e. The number of hydrogen-bond acceptors (Lipinski definition) is 4. The van der Waals surface area contributed by atoms with Gasteiger partial charge in [-0.15, -0.1) is 0 Å². The first kappa shape index (κ1) is 14.3. The Kier molecular flexibility index (Phi) is 4.18. The zero-order chi connectivity index (χ0) is 13.9. The number of likely N-dealkylation sites (N-methyl/N-ethyl adjacent to an activating group) is 1. The molecular weight excluding hydrogens is 261 g/mol. The molecule has 1 rings (SSSR count). The molecular formula is C11H12FNO4S. The number of alkyl halides is 1. The number of nitrogens with zero attached hydrogens (tertiary/aromatic N) is 1. The highest BCUT2D eigenvalue weighted by Crippen LogP contribution is 2.13. The molecule has 1 atom stereocenters. The third-order valence-corrected chi connectivity index (χ3v) is 3.21. The molecule has 0 aromatic heterocycles. The quantitative estimate of drug-likeness (QED) is 0.751. The average molecular weight is 273 g/mol. The van der Waals surface area contributed by atoms with Crippen LogP contribution in [0.1, 0.15) is 0 Å². The molecule has 1 unspecified atom stereocenters. The smallest absolute Gasteiger partial charge is 0.298 e. The summed E-state index contributed by atoms with van der Waals surface area (Å²) in [5, 5.41) is 0. The van der Waals surface area contributed by atoms with Crippen LogP contribution < -0.4 is 4.90 Å². The van der Waals surface area contributed by atoms with Crippen LogP contribution in [-0.2, 0) is 19.4 Å². The summed E-state index contributed by atoms with van der Waals surface area (Å²) in [7, 11) is -2.96. The summed E-state index contributed by atoms with van der Waals surface area (Å²) in [4.78, 5) is 23.9. The summed E-state index contributed by atoms with van der Waals surface area (Å²) in [5.41, 5.74) is -2.45. The molecule has 0 aliphatic heterocycles. The predicted molar refractivity (Wildman–Crippen MR) is 64.6 cm³/mol. The molecule has 7 heteroatoms. The Labute approximate surface area is 104 Å². The number of carbonyl (C=O) groups is 2. The number of para-hydroxylation sites is 1. The Morgan fingerprint density at radius 1 is 1.22 bits per heavy atom. The number of hydrogen-bond donors (Lipinski definition) is 0. The standard InChI is InChI=1S/C11H12FNO4S/c1-13(8-6-4-3-5-7-8)11(15)9(14)10(12)18(2,16)17/h3-7,10H,1-2H3. The van der Waals surface area contributed by atoms with Crippen molar-refractivity contribution in [3.63, 3.8) is 0 Å². The maximum atomic E-state index is 13.2. The van der Waals surface area contributed by atoms with Gasteiger partial charge in [-0.1, -0.05) is 18.2 Å². The molecule has 1 amide bonds. The number of anilines is 1. The molecule has 1 aromatic carbocycles. The molecule has 0 aliphatic rings.